The van der Waals surface area contributed by atoms with Gasteiger partial charge in [0.2, 0.25) is 5.91 Å². The van der Waals surface area contributed by atoms with Crippen LogP contribution in [0.2, 0.25) is 0 Å². The molecule has 5 nitrogen and oxygen atoms in total. The molecule has 0 radical (unpaired) electrons. The number of aliphatic hydroxyl groups is 1. The summed E-state index contributed by atoms with van der Waals surface area (Å²) in [5, 5.41) is 19.4. The highest BCUT2D eigenvalue weighted by atomic mass is 32.2. The van der Waals surface area contributed by atoms with E-state index in [0.717, 1.165) is 4.90 Å². The Morgan fingerprint density at radius 1 is 1.41 bits per heavy atom. The zero-order valence-electron chi connectivity index (χ0n) is 12.1. The lowest BCUT2D eigenvalue weighted by molar-refractivity contribution is -0.162. The van der Waals surface area contributed by atoms with Crippen molar-refractivity contribution in [3.63, 3.8) is 0 Å². The summed E-state index contributed by atoms with van der Waals surface area (Å²) in [6.45, 7) is 1.82. The van der Waals surface area contributed by atoms with E-state index in [9.17, 15) is 19.8 Å². The second kappa shape index (κ2) is 5.78. The highest BCUT2D eigenvalue weighted by molar-refractivity contribution is 8.03. The maximum absolute atomic E-state index is 12.2. The Balaban J connectivity index is 1.87. The minimum absolute atomic E-state index is 0.0726. The Labute approximate surface area is 132 Å². The SMILES string of the molecule is CC[C@H](O)[C@@H]1C(=O)N2C(C(=O)O)=C(Sc3ccccc3)C[C@H]12. The molecule has 6 heteroatoms. The van der Waals surface area contributed by atoms with Gasteiger partial charge in [-0.15, -0.1) is 0 Å². The number of thioether (sulfide) groups is 1. The van der Waals surface area contributed by atoms with Crippen molar-refractivity contribution in [2.24, 2.45) is 5.92 Å². The van der Waals surface area contributed by atoms with Crippen LogP contribution in [0, 0.1) is 5.92 Å². The van der Waals surface area contributed by atoms with E-state index < -0.39 is 18.0 Å². The molecule has 0 aliphatic carbocycles. The lowest BCUT2D eigenvalue weighted by atomic mass is 9.82. The van der Waals surface area contributed by atoms with Gasteiger partial charge in [0.25, 0.3) is 0 Å². The van der Waals surface area contributed by atoms with Crippen LogP contribution >= 0.6 is 11.8 Å². The number of benzene rings is 1. The molecule has 0 unspecified atom stereocenters. The van der Waals surface area contributed by atoms with Gasteiger partial charge in [0.05, 0.1) is 18.1 Å². The number of aliphatic carboxylic acids is 1. The molecule has 0 spiro atoms. The van der Waals surface area contributed by atoms with Gasteiger partial charge >= 0.3 is 5.97 Å². The number of nitrogens with zero attached hydrogens (tertiary/aromatic N) is 1. The molecule has 3 rings (SSSR count). The lowest BCUT2D eigenvalue weighted by Crippen LogP contribution is -2.62. The molecule has 1 amide bonds. The molecule has 116 valence electrons. The quantitative estimate of drug-likeness (QED) is 0.813. The first kappa shape index (κ1) is 15.1. The fraction of sp³-hybridized carbons (Fsp3) is 0.375. The maximum Gasteiger partial charge on any atom is 0.353 e. The summed E-state index contributed by atoms with van der Waals surface area (Å²) in [5.74, 6) is -1.84. The summed E-state index contributed by atoms with van der Waals surface area (Å²) in [6, 6.07) is 9.28. The molecule has 22 heavy (non-hydrogen) atoms. The molecule has 0 bridgehead atoms. The van der Waals surface area contributed by atoms with E-state index in [-0.39, 0.29) is 17.6 Å². The van der Waals surface area contributed by atoms with E-state index >= 15 is 0 Å². The number of carboxylic acids is 1. The molecule has 2 N–H and O–H groups in total. The molecular formula is C16H17NO4S. The third-order valence-corrected chi connectivity index (χ3v) is 5.30. The van der Waals surface area contributed by atoms with Crippen LogP contribution in [0.5, 0.6) is 0 Å². The molecule has 0 saturated carbocycles. The van der Waals surface area contributed by atoms with Crippen LogP contribution in [0.25, 0.3) is 0 Å². The normalized spacial score (nSPS) is 25.0. The van der Waals surface area contributed by atoms with Crippen LogP contribution < -0.4 is 0 Å². The average Bonchev–Trinajstić information content (AvgIpc) is 2.83. The summed E-state index contributed by atoms with van der Waals surface area (Å²) < 4.78 is 0. The summed E-state index contributed by atoms with van der Waals surface area (Å²) in [5.41, 5.74) is 0.0726. The van der Waals surface area contributed by atoms with Crippen molar-refractivity contribution in [3.05, 3.63) is 40.9 Å². The topological polar surface area (TPSA) is 77.8 Å². The van der Waals surface area contributed by atoms with Gasteiger partial charge in [-0.2, -0.15) is 0 Å². The molecule has 1 saturated heterocycles. The van der Waals surface area contributed by atoms with Crippen LogP contribution in [0.3, 0.4) is 0 Å². The molecule has 1 aromatic rings. The first-order chi connectivity index (χ1) is 10.5. The van der Waals surface area contributed by atoms with Crippen molar-refractivity contribution in [2.45, 2.75) is 36.8 Å². The Bertz CT molecular complexity index is 643. The van der Waals surface area contributed by atoms with Crippen LogP contribution in [-0.2, 0) is 9.59 Å². The summed E-state index contributed by atoms with van der Waals surface area (Å²) in [7, 11) is 0. The minimum Gasteiger partial charge on any atom is -0.477 e. The van der Waals surface area contributed by atoms with Crippen molar-refractivity contribution in [2.75, 3.05) is 0 Å². The highest BCUT2D eigenvalue weighted by Gasteiger charge is 2.57. The van der Waals surface area contributed by atoms with Gasteiger partial charge < -0.3 is 15.1 Å². The predicted molar refractivity (Wildman–Crippen MR) is 82.0 cm³/mol. The molecule has 1 fully saturated rings. The fourth-order valence-electron chi connectivity index (χ4n) is 3.10. The largest absolute Gasteiger partial charge is 0.477 e. The second-order valence-corrected chi connectivity index (χ2v) is 6.64. The minimum atomic E-state index is -1.08. The Kier molecular flexibility index (Phi) is 3.97. The Hall–Kier alpha value is -1.79. The molecule has 2 aliphatic rings. The molecule has 2 aliphatic heterocycles. The van der Waals surface area contributed by atoms with E-state index in [1.54, 1.807) is 0 Å². The standard InChI is InChI=1S/C16H17NO4S/c1-2-11(18)13-10-8-12(22-9-6-4-3-5-7-9)14(16(20)21)17(10)15(13)19/h3-7,10-11,13,18H,2,8H2,1H3,(H,20,21)/t10-,11+,13-/m1/s1. The molecular weight excluding hydrogens is 302 g/mol. The lowest BCUT2D eigenvalue weighted by Gasteiger charge is -2.45. The maximum atomic E-state index is 12.2. The molecule has 2 heterocycles. The van der Waals surface area contributed by atoms with E-state index in [0.29, 0.717) is 17.7 Å². The second-order valence-electron chi connectivity index (χ2n) is 5.47. The van der Waals surface area contributed by atoms with Crippen molar-refractivity contribution in [1.82, 2.24) is 4.90 Å². The third kappa shape index (κ3) is 2.32. The number of amides is 1. The van der Waals surface area contributed by atoms with Crippen LogP contribution in [0.1, 0.15) is 19.8 Å². The van der Waals surface area contributed by atoms with Gasteiger partial charge in [-0.25, -0.2) is 4.79 Å². The zero-order valence-corrected chi connectivity index (χ0v) is 12.9. The summed E-state index contributed by atoms with van der Waals surface area (Å²) >= 11 is 1.38. The third-order valence-electron chi connectivity index (χ3n) is 4.19. The number of carboxylic acid groups (broad SMARTS) is 1. The van der Waals surface area contributed by atoms with E-state index in [2.05, 4.69) is 0 Å². The zero-order chi connectivity index (χ0) is 15.9. The summed E-state index contributed by atoms with van der Waals surface area (Å²) in [4.78, 5) is 26.7. The van der Waals surface area contributed by atoms with Gasteiger partial charge in [0.1, 0.15) is 5.70 Å². The smallest absolute Gasteiger partial charge is 0.353 e. The Morgan fingerprint density at radius 3 is 2.68 bits per heavy atom. The predicted octanol–water partition coefficient (Wildman–Crippen LogP) is 2.08. The van der Waals surface area contributed by atoms with Crippen molar-refractivity contribution < 1.29 is 19.8 Å². The Morgan fingerprint density at radius 2 is 2.09 bits per heavy atom. The van der Waals surface area contributed by atoms with Crippen molar-refractivity contribution >= 4 is 23.6 Å². The first-order valence-electron chi connectivity index (χ1n) is 7.25. The number of fused-ring (bicyclic) bond motifs is 1. The number of rotatable bonds is 5. The van der Waals surface area contributed by atoms with Gasteiger partial charge in [-0.05, 0) is 18.6 Å². The highest BCUT2D eigenvalue weighted by Crippen LogP contribution is 2.48. The van der Waals surface area contributed by atoms with Gasteiger partial charge in [0, 0.05) is 16.2 Å². The molecule has 1 aromatic carbocycles. The number of hydrogen-bond acceptors (Lipinski definition) is 4. The first-order valence-corrected chi connectivity index (χ1v) is 8.06. The molecule has 0 aromatic heterocycles. The number of carbonyl (C=O) groups excluding carboxylic acids is 1. The van der Waals surface area contributed by atoms with Crippen LogP contribution in [-0.4, -0.2) is 39.1 Å². The van der Waals surface area contributed by atoms with E-state index in [1.165, 1.54) is 16.7 Å². The van der Waals surface area contributed by atoms with E-state index in [4.69, 9.17) is 0 Å². The fourth-order valence-corrected chi connectivity index (χ4v) is 4.21. The van der Waals surface area contributed by atoms with Crippen molar-refractivity contribution in [1.29, 1.82) is 0 Å². The van der Waals surface area contributed by atoms with Crippen molar-refractivity contribution in [3.8, 4) is 0 Å². The number of carbonyl (C=O) groups is 2. The molecule has 3 atom stereocenters. The van der Waals surface area contributed by atoms with Gasteiger partial charge in [0.15, 0.2) is 0 Å². The summed E-state index contributed by atoms with van der Waals surface area (Å²) in [6.07, 6.45) is 0.281. The number of aliphatic hydroxyl groups excluding tert-OH is 1. The van der Waals surface area contributed by atoms with Crippen LogP contribution in [0.4, 0.5) is 0 Å². The number of hydrogen-bond donors (Lipinski definition) is 2. The average molecular weight is 319 g/mol. The van der Waals surface area contributed by atoms with Gasteiger partial charge in [-0.3, -0.25) is 4.79 Å². The van der Waals surface area contributed by atoms with Crippen LogP contribution in [0.15, 0.2) is 45.8 Å². The monoisotopic (exact) mass is 319 g/mol. The van der Waals surface area contributed by atoms with E-state index in [1.807, 2.05) is 37.3 Å². The number of β-lactam (4-membered cyclic amide) rings is 1. The van der Waals surface area contributed by atoms with Gasteiger partial charge in [-0.1, -0.05) is 36.9 Å².